The molecule has 0 fully saturated rings. The third kappa shape index (κ3) is 4.01. The molecule has 4 aromatic heterocycles. The number of aromatic nitrogens is 5. The minimum Gasteiger partial charge on any atom is -0.503 e. The van der Waals surface area contributed by atoms with E-state index in [9.17, 15) is 0 Å². The Labute approximate surface area is 250 Å². The summed E-state index contributed by atoms with van der Waals surface area (Å²) in [6.07, 6.45) is 3.41. The number of hydrogen-bond donors (Lipinski definition) is 0. The molecular weight excluding hydrogens is 689 g/mol. The number of pyridine rings is 2. The Kier molecular flexibility index (Phi) is 6.09. The summed E-state index contributed by atoms with van der Waals surface area (Å²) in [7, 11) is 0. The standard InChI is InChI=1S/C34H23N5O.Pt/c1-21(2)22-16-23(38-31-11-5-3-9-28(31)29-10-7-15-35-33(29)38)18-25(17-22)40-24-13-14-26-27-8-4-6-12-32(27)39-34(30(26)19-24)36-20-37-39;/h3-17,20-21H,1-2H3;/q-2;+2. The molecule has 0 bridgehead atoms. The second kappa shape index (κ2) is 9.83. The molecule has 7 heteroatoms. The number of rotatable bonds is 4. The molecular formula is C34H23N5OPt. The molecule has 0 N–H and O–H groups in total. The Morgan fingerprint density at radius 2 is 1.46 bits per heavy atom. The van der Waals surface area contributed by atoms with Gasteiger partial charge in [-0.25, -0.2) is 4.98 Å². The second-order valence-corrected chi connectivity index (χ2v) is 10.3. The van der Waals surface area contributed by atoms with Crippen molar-refractivity contribution in [1.29, 1.82) is 0 Å². The van der Waals surface area contributed by atoms with Crippen LogP contribution in [0.1, 0.15) is 25.3 Å². The summed E-state index contributed by atoms with van der Waals surface area (Å²) in [4.78, 5) is 9.28. The number of fused-ring (bicyclic) bond motifs is 9. The van der Waals surface area contributed by atoms with Gasteiger partial charge in [-0.05, 0) is 35.6 Å². The molecule has 0 saturated carbocycles. The summed E-state index contributed by atoms with van der Waals surface area (Å²) < 4.78 is 10.5. The molecule has 0 saturated heterocycles. The summed E-state index contributed by atoms with van der Waals surface area (Å²) in [6, 6.07) is 35.9. The van der Waals surface area contributed by atoms with Crippen molar-refractivity contribution in [2.24, 2.45) is 0 Å². The van der Waals surface area contributed by atoms with Gasteiger partial charge in [0.25, 0.3) is 0 Å². The average molecular weight is 713 g/mol. The second-order valence-electron chi connectivity index (χ2n) is 10.3. The van der Waals surface area contributed by atoms with Gasteiger partial charge in [0.1, 0.15) is 12.0 Å². The van der Waals surface area contributed by atoms with Crippen molar-refractivity contribution in [3.05, 3.63) is 115 Å². The van der Waals surface area contributed by atoms with E-state index in [1.807, 2.05) is 35.0 Å². The van der Waals surface area contributed by atoms with Gasteiger partial charge in [0.05, 0.1) is 16.7 Å². The Morgan fingerprint density at radius 1 is 0.707 bits per heavy atom. The summed E-state index contributed by atoms with van der Waals surface area (Å²) in [5.74, 6) is 1.51. The predicted molar refractivity (Wildman–Crippen MR) is 158 cm³/mol. The fourth-order valence-corrected chi connectivity index (χ4v) is 5.63. The first-order chi connectivity index (χ1) is 19.7. The maximum Gasteiger partial charge on any atom is 2.00 e. The van der Waals surface area contributed by atoms with Crippen LogP contribution < -0.4 is 4.74 Å². The summed E-state index contributed by atoms with van der Waals surface area (Å²) in [5.41, 5.74) is 5.76. The first kappa shape index (κ1) is 25.4. The fourth-order valence-electron chi connectivity index (χ4n) is 5.63. The van der Waals surface area contributed by atoms with Crippen LogP contribution in [-0.4, -0.2) is 24.1 Å². The Balaban J connectivity index is 0.00000276. The minimum atomic E-state index is 0. The van der Waals surface area contributed by atoms with Crippen LogP contribution in [0.15, 0.2) is 97.5 Å². The zero-order valence-corrected chi connectivity index (χ0v) is 24.5. The van der Waals surface area contributed by atoms with Crippen LogP contribution in [0.25, 0.3) is 54.9 Å². The molecule has 8 rings (SSSR count). The largest absolute Gasteiger partial charge is 2.00 e. The van der Waals surface area contributed by atoms with Crippen LogP contribution in [0.2, 0.25) is 0 Å². The molecule has 41 heavy (non-hydrogen) atoms. The zero-order chi connectivity index (χ0) is 26.8. The van der Waals surface area contributed by atoms with Crippen molar-refractivity contribution < 1.29 is 25.8 Å². The van der Waals surface area contributed by atoms with Crippen LogP contribution in [0.3, 0.4) is 0 Å². The zero-order valence-electron chi connectivity index (χ0n) is 22.3. The average Bonchev–Trinajstić information content (AvgIpc) is 3.61. The van der Waals surface area contributed by atoms with Gasteiger partial charge in [-0.2, -0.15) is 5.10 Å². The van der Waals surface area contributed by atoms with E-state index in [0.29, 0.717) is 17.4 Å². The summed E-state index contributed by atoms with van der Waals surface area (Å²) in [5, 5.41) is 9.73. The van der Waals surface area contributed by atoms with Gasteiger partial charge >= 0.3 is 21.1 Å². The normalized spacial score (nSPS) is 11.7. The van der Waals surface area contributed by atoms with Crippen molar-refractivity contribution in [1.82, 2.24) is 24.1 Å². The summed E-state index contributed by atoms with van der Waals surface area (Å²) in [6.45, 7) is 4.37. The smallest absolute Gasteiger partial charge is 0.503 e. The molecule has 0 aliphatic rings. The first-order valence-electron chi connectivity index (χ1n) is 13.3. The minimum absolute atomic E-state index is 0. The molecule has 4 heterocycles. The molecule has 200 valence electrons. The van der Waals surface area contributed by atoms with Crippen LogP contribution in [-0.2, 0) is 21.1 Å². The van der Waals surface area contributed by atoms with E-state index >= 15 is 0 Å². The van der Waals surface area contributed by atoms with E-state index in [-0.39, 0.29) is 21.1 Å². The van der Waals surface area contributed by atoms with E-state index in [1.165, 1.54) is 0 Å². The van der Waals surface area contributed by atoms with Crippen molar-refractivity contribution in [2.75, 3.05) is 0 Å². The molecule has 0 aliphatic carbocycles. The Morgan fingerprint density at radius 3 is 2.29 bits per heavy atom. The van der Waals surface area contributed by atoms with E-state index in [4.69, 9.17) is 9.72 Å². The SMILES string of the molecule is CC(C)c1cc(Oc2[c-]c3c(cc2)c2ccccc2n2ncnc32)[c-]c(-n2c3ccccc3c3cccnc32)c1.[Pt+2]. The van der Waals surface area contributed by atoms with Crippen molar-refractivity contribution in [3.8, 4) is 17.2 Å². The van der Waals surface area contributed by atoms with Gasteiger partial charge in [-0.1, -0.05) is 72.8 Å². The quantitative estimate of drug-likeness (QED) is 0.137. The maximum absolute atomic E-state index is 6.48. The van der Waals surface area contributed by atoms with Crippen LogP contribution in [0.5, 0.6) is 11.5 Å². The molecule has 0 amide bonds. The number of hydrogen-bond acceptors (Lipinski definition) is 4. The monoisotopic (exact) mass is 712 g/mol. The van der Waals surface area contributed by atoms with Crippen LogP contribution in [0.4, 0.5) is 0 Å². The topological polar surface area (TPSA) is 57.2 Å². The molecule has 0 aliphatic heterocycles. The molecule has 4 aromatic carbocycles. The summed E-state index contributed by atoms with van der Waals surface area (Å²) >= 11 is 0. The molecule has 0 radical (unpaired) electrons. The molecule has 0 spiro atoms. The van der Waals surface area contributed by atoms with Gasteiger partial charge < -0.3 is 9.30 Å². The van der Waals surface area contributed by atoms with Crippen molar-refractivity contribution >= 4 is 49.3 Å². The molecule has 8 aromatic rings. The van der Waals surface area contributed by atoms with E-state index in [2.05, 4.69) is 101 Å². The third-order valence-corrected chi connectivity index (χ3v) is 7.53. The van der Waals surface area contributed by atoms with E-state index in [0.717, 1.165) is 60.5 Å². The number of benzene rings is 4. The Bertz CT molecular complexity index is 2190. The predicted octanol–water partition coefficient (Wildman–Crippen LogP) is 8.04. The van der Waals surface area contributed by atoms with Gasteiger partial charge in [-0.15, -0.1) is 35.9 Å². The maximum atomic E-state index is 6.48. The molecule has 0 atom stereocenters. The van der Waals surface area contributed by atoms with Gasteiger partial charge in [-0.3, -0.25) is 9.50 Å². The molecule has 0 unspecified atom stereocenters. The first-order valence-corrected chi connectivity index (χ1v) is 13.3. The van der Waals surface area contributed by atoms with Crippen molar-refractivity contribution in [3.63, 3.8) is 0 Å². The van der Waals surface area contributed by atoms with E-state index < -0.39 is 0 Å². The number of ether oxygens (including phenoxy) is 1. The molecule has 6 nitrogen and oxygen atoms in total. The van der Waals surface area contributed by atoms with E-state index in [1.54, 1.807) is 6.33 Å². The van der Waals surface area contributed by atoms with Gasteiger partial charge in [0.15, 0.2) is 0 Å². The Hall–Kier alpha value is -4.54. The third-order valence-electron chi connectivity index (χ3n) is 7.53. The van der Waals surface area contributed by atoms with Gasteiger partial charge in [0.2, 0.25) is 0 Å². The number of para-hydroxylation sites is 2. The fraction of sp³-hybridized carbons (Fsp3) is 0.0882. The van der Waals surface area contributed by atoms with Crippen LogP contribution >= 0.6 is 0 Å². The van der Waals surface area contributed by atoms with Gasteiger partial charge in [0, 0.05) is 28.5 Å². The number of nitrogens with zero attached hydrogens (tertiary/aromatic N) is 5. The van der Waals surface area contributed by atoms with Crippen LogP contribution in [0, 0.1) is 12.1 Å². The van der Waals surface area contributed by atoms with Crippen molar-refractivity contribution in [2.45, 2.75) is 19.8 Å².